The summed E-state index contributed by atoms with van der Waals surface area (Å²) in [6.07, 6.45) is 6.62. The molecule has 18 heavy (non-hydrogen) atoms. The molecule has 0 spiro atoms. The van der Waals surface area contributed by atoms with Crippen LogP contribution in [-0.4, -0.2) is 23.8 Å². The summed E-state index contributed by atoms with van der Waals surface area (Å²) >= 11 is 0. The second-order valence-corrected chi connectivity index (χ2v) is 4.48. The molecule has 0 atom stereocenters. The van der Waals surface area contributed by atoms with Crippen LogP contribution >= 0.6 is 0 Å². The molecule has 4 nitrogen and oxygen atoms in total. The van der Waals surface area contributed by atoms with Gasteiger partial charge in [0, 0.05) is 18.3 Å². The van der Waals surface area contributed by atoms with Crippen molar-refractivity contribution in [1.29, 1.82) is 0 Å². The van der Waals surface area contributed by atoms with Gasteiger partial charge in [-0.25, -0.2) is 4.79 Å². The van der Waals surface area contributed by atoms with E-state index in [2.05, 4.69) is 9.72 Å². The van der Waals surface area contributed by atoms with Crippen molar-refractivity contribution in [3.05, 3.63) is 35.2 Å². The lowest BCUT2D eigenvalue weighted by atomic mass is 10.0. The maximum absolute atomic E-state index is 12.0. The van der Waals surface area contributed by atoms with E-state index in [-0.39, 0.29) is 17.3 Å². The van der Waals surface area contributed by atoms with E-state index in [0.717, 1.165) is 24.0 Å². The lowest BCUT2D eigenvalue weighted by Gasteiger charge is -2.04. The Morgan fingerprint density at radius 3 is 2.67 bits per heavy atom. The van der Waals surface area contributed by atoms with Crippen LogP contribution in [0.3, 0.4) is 0 Å². The van der Waals surface area contributed by atoms with Gasteiger partial charge in [-0.3, -0.25) is 9.78 Å². The van der Waals surface area contributed by atoms with Crippen molar-refractivity contribution in [3.63, 3.8) is 0 Å². The third-order valence-corrected chi connectivity index (χ3v) is 2.83. The molecule has 1 fully saturated rings. The van der Waals surface area contributed by atoms with Gasteiger partial charge >= 0.3 is 5.97 Å². The van der Waals surface area contributed by atoms with Crippen molar-refractivity contribution in [2.24, 2.45) is 5.92 Å². The third-order valence-electron chi connectivity index (χ3n) is 2.83. The highest BCUT2D eigenvalue weighted by atomic mass is 16.5. The third kappa shape index (κ3) is 2.83. The Morgan fingerprint density at radius 2 is 2.11 bits per heavy atom. The highest BCUT2D eigenvalue weighted by Gasteiger charge is 2.34. The van der Waals surface area contributed by atoms with E-state index >= 15 is 0 Å². The number of esters is 1. The minimum Gasteiger partial charge on any atom is -0.465 e. The Hall–Kier alpha value is -1.97. The fraction of sp³-hybridized carbons (Fsp3) is 0.357. The zero-order valence-electron chi connectivity index (χ0n) is 10.5. The Labute approximate surface area is 106 Å². The first-order chi connectivity index (χ1) is 8.61. The molecule has 0 aliphatic heterocycles. The van der Waals surface area contributed by atoms with Crippen LogP contribution in [0.25, 0.3) is 6.08 Å². The Bertz CT molecular complexity index is 516. The van der Waals surface area contributed by atoms with Crippen LogP contribution in [0, 0.1) is 12.8 Å². The van der Waals surface area contributed by atoms with Gasteiger partial charge in [-0.05, 0) is 43.0 Å². The van der Waals surface area contributed by atoms with Crippen LogP contribution in [-0.2, 0) is 14.3 Å². The molecule has 1 aliphatic carbocycles. The largest absolute Gasteiger partial charge is 0.465 e. The molecular weight excluding hydrogens is 230 g/mol. The van der Waals surface area contributed by atoms with Crippen LogP contribution in [0.2, 0.25) is 0 Å². The van der Waals surface area contributed by atoms with E-state index in [1.807, 2.05) is 13.0 Å². The molecule has 0 radical (unpaired) electrons. The number of methoxy groups -OCH3 is 1. The van der Waals surface area contributed by atoms with Crippen molar-refractivity contribution in [2.45, 2.75) is 19.8 Å². The monoisotopic (exact) mass is 245 g/mol. The number of carbonyl (C=O) groups excluding carboxylic acids is 2. The van der Waals surface area contributed by atoms with Gasteiger partial charge in [0.25, 0.3) is 0 Å². The summed E-state index contributed by atoms with van der Waals surface area (Å²) in [5.41, 5.74) is 1.84. The summed E-state index contributed by atoms with van der Waals surface area (Å²) in [5, 5.41) is 0. The first-order valence-corrected chi connectivity index (χ1v) is 5.87. The van der Waals surface area contributed by atoms with Crippen molar-refractivity contribution in [1.82, 2.24) is 4.98 Å². The summed E-state index contributed by atoms with van der Waals surface area (Å²) in [4.78, 5) is 27.7. The normalized spacial score (nSPS) is 15.3. The van der Waals surface area contributed by atoms with Gasteiger partial charge in [0.05, 0.1) is 7.11 Å². The number of Topliss-reactive ketones (excluding diaryl/α,β-unsaturated/α-hetero) is 1. The molecular formula is C14H15NO3. The first kappa shape index (κ1) is 12.5. The summed E-state index contributed by atoms with van der Waals surface area (Å²) in [7, 11) is 1.28. The Balaban J connectivity index is 2.33. The number of carbonyl (C=O) groups is 2. The van der Waals surface area contributed by atoms with Gasteiger partial charge in [0.15, 0.2) is 5.78 Å². The molecule has 1 aromatic heterocycles. The zero-order chi connectivity index (χ0) is 13.1. The average molecular weight is 245 g/mol. The zero-order valence-corrected chi connectivity index (χ0v) is 10.5. The Morgan fingerprint density at radius 1 is 1.39 bits per heavy atom. The number of nitrogens with zero attached hydrogens (tertiary/aromatic N) is 1. The molecule has 0 bridgehead atoms. The first-order valence-electron chi connectivity index (χ1n) is 5.87. The fourth-order valence-corrected chi connectivity index (χ4v) is 1.73. The van der Waals surface area contributed by atoms with Gasteiger partial charge in [0.2, 0.25) is 0 Å². The average Bonchev–Trinajstić information content (AvgIpc) is 3.18. The van der Waals surface area contributed by atoms with E-state index in [9.17, 15) is 9.59 Å². The maximum Gasteiger partial charge on any atom is 0.341 e. The van der Waals surface area contributed by atoms with Crippen molar-refractivity contribution in [3.8, 4) is 0 Å². The molecule has 2 rings (SSSR count). The lowest BCUT2D eigenvalue weighted by Crippen LogP contribution is -2.15. The molecule has 4 heteroatoms. The highest BCUT2D eigenvalue weighted by Crippen LogP contribution is 2.33. The van der Waals surface area contributed by atoms with Crippen LogP contribution in [0.4, 0.5) is 0 Å². The molecule has 0 unspecified atom stereocenters. The summed E-state index contributed by atoms with van der Waals surface area (Å²) in [5.74, 6) is -0.704. The van der Waals surface area contributed by atoms with Crippen molar-refractivity contribution in [2.75, 3.05) is 7.11 Å². The number of hydrogen-bond donors (Lipinski definition) is 0. The molecule has 0 saturated heterocycles. The lowest BCUT2D eigenvalue weighted by molar-refractivity contribution is -0.137. The Kier molecular flexibility index (Phi) is 3.55. The fourth-order valence-electron chi connectivity index (χ4n) is 1.73. The predicted molar refractivity (Wildman–Crippen MR) is 66.7 cm³/mol. The quantitative estimate of drug-likeness (QED) is 0.352. The smallest absolute Gasteiger partial charge is 0.341 e. The number of rotatable bonds is 4. The van der Waals surface area contributed by atoms with Crippen LogP contribution in [0.5, 0.6) is 0 Å². The number of aryl methyl sites for hydroxylation is 1. The van der Waals surface area contributed by atoms with Gasteiger partial charge in [-0.2, -0.15) is 0 Å². The van der Waals surface area contributed by atoms with Gasteiger partial charge in [-0.1, -0.05) is 0 Å². The van der Waals surface area contributed by atoms with E-state index in [1.54, 1.807) is 18.5 Å². The molecule has 1 aromatic rings. The van der Waals surface area contributed by atoms with Gasteiger partial charge in [-0.15, -0.1) is 0 Å². The topological polar surface area (TPSA) is 56.3 Å². The number of ether oxygens (including phenoxy) is 1. The van der Waals surface area contributed by atoms with Crippen molar-refractivity contribution >= 4 is 17.8 Å². The number of pyridine rings is 1. The van der Waals surface area contributed by atoms with E-state index < -0.39 is 5.97 Å². The van der Waals surface area contributed by atoms with Gasteiger partial charge in [0.1, 0.15) is 5.57 Å². The molecule has 0 N–H and O–H groups in total. The molecule has 0 amide bonds. The highest BCUT2D eigenvalue weighted by molar-refractivity contribution is 6.21. The number of hydrogen-bond acceptors (Lipinski definition) is 4. The number of aromatic nitrogens is 1. The minimum atomic E-state index is -0.576. The minimum absolute atomic E-state index is 0.00637. The molecule has 1 aliphatic rings. The molecule has 94 valence electrons. The molecule has 0 aromatic carbocycles. The summed E-state index contributed by atoms with van der Waals surface area (Å²) in [6, 6.07) is 1.87. The van der Waals surface area contributed by atoms with E-state index in [1.165, 1.54) is 7.11 Å². The predicted octanol–water partition coefficient (Wildman–Crippen LogP) is 1.93. The summed E-state index contributed by atoms with van der Waals surface area (Å²) < 4.78 is 4.67. The van der Waals surface area contributed by atoms with Crippen LogP contribution in [0.15, 0.2) is 24.0 Å². The van der Waals surface area contributed by atoms with Crippen LogP contribution < -0.4 is 0 Å². The maximum atomic E-state index is 12.0. The standard InChI is InChI=1S/C14H15NO3/c1-9-5-10(8-15-7-9)6-12(14(17)18-2)13(16)11-3-4-11/h5-8,11H,3-4H2,1-2H3/b12-6-. The van der Waals surface area contributed by atoms with Crippen molar-refractivity contribution < 1.29 is 14.3 Å². The summed E-state index contributed by atoms with van der Waals surface area (Å²) in [6.45, 7) is 1.91. The van der Waals surface area contributed by atoms with E-state index in [4.69, 9.17) is 0 Å². The van der Waals surface area contributed by atoms with E-state index in [0.29, 0.717) is 0 Å². The second kappa shape index (κ2) is 5.12. The molecule has 1 saturated carbocycles. The van der Waals surface area contributed by atoms with Gasteiger partial charge < -0.3 is 4.74 Å². The second-order valence-electron chi connectivity index (χ2n) is 4.48. The SMILES string of the molecule is COC(=O)/C(=C\c1cncc(C)c1)C(=O)C1CC1. The molecule has 1 heterocycles. The number of ketones is 1. The van der Waals surface area contributed by atoms with Crippen LogP contribution in [0.1, 0.15) is 24.0 Å².